The zero-order valence-corrected chi connectivity index (χ0v) is 27.3. The summed E-state index contributed by atoms with van der Waals surface area (Å²) in [6, 6.07) is 26.1. The predicted molar refractivity (Wildman–Crippen MR) is 179 cm³/mol. The number of terminal acetylenes is 1. The Morgan fingerprint density at radius 1 is 1.00 bits per heavy atom. The molecule has 12 heteroatoms. The Kier molecular flexibility index (Phi) is 8.85. The van der Waals surface area contributed by atoms with Crippen molar-refractivity contribution in [1.82, 2.24) is 19.5 Å². The van der Waals surface area contributed by atoms with E-state index < -0.39 is 41.6 Å². The van der Waals surface area contributed by atoms with Crippen LogP contribution in [-0.2, 0) is 19.8 Å². The number of carbonyl (C=O) groups is 1. The van der Waals surface area contributed by atoms with Gasteiger partial charge in [0.15, 0.2) is 28.8 Å². The number of methoxy groups -OCH3 is 1. The van der Waals surface area contributed by atoms with E-state index in [-0.39, 0.29) is 17.0 Å². The van der Waals surface area contributed by atoms with E-state index in [1.54, 1.807) is 40.0 Å². The van der Waals surface area contributed by atoms with E-state index in [1.807, 2.05) is 72.8 Å². The molecule has 0 bridgehead atoms. The minimum Gasteiger partial charge on any atom is -0.497 e. The summed E-state index contributed by atoms with van der Waals surface area (Å²) >= 11 is 0. The Bertz CT molecular complexity index is 1940. The second-order valence-corrected chi connectivity index (χ2v) is 12.5. The van der Waals surface area contributed by atoms with Gasteiger partial charge in [0.2, 0.25) is 5.85 Å². The molecule has 251 valence electrons. The summed E-state index contributed by atoms with van der Waals surface area (Å²) in [6.07, 6.45) is 6.85. The van der Waals surface area contributed by atoms with Crippen LogP contribution in [-0.4, -0.2) is 61.5 Å². The minimum atomic E-state index is -2.70. The maximum Gasteiger partial charge on any atom is 0.413 e. The fourth-order valence-corrected chi connectivity index (χ4v) is 5.81. The lowest BCUT2D eigenvalue weighted by Gasteiger charge is -2.37. The monoisotopic (exact) mass is 664 g/mol. The first-order valence-corrected chi connectivity index (χ1v) is 15.4. The quantitative estimate of drug-likeness (QED) is 0.145. The van der Waals surface area contributed by atoms with Crippen LogP contribution in [0, 0.1) is 18.8 Å². The number of fused-ring (bicyclic) bond motifs is 1. The number of halogens is 1. The van der Waals surface area contributed by atoms with Gasteiger partial charge in [-0.2, -0.15) is 0 Å². The number of anilines is 1. The Morgan fingerprint density at radius 2 is 1.61 bits per heavy atom. The number of rotatable bonds is 9. The molecule has 1 saturated heterocycles. The first kappa shape index (κ1) is 33.5. The number of ether oxygens (including phenoxy) is 4. The van der Waals surface area contributed by atoms with Crippen LogP contribution < -0.4 is 10.1 Å². The van der Waals surface area contributed by atoms with Crippen LogP contribution in [0.5, 0.6) is 5.75 Å². The van der Waals surface area contributed by atoms with Crippen molar-refractivity contribution in [3.8, 4) is 18.1 Å². The van der Waals surface area contributed by atoms with Crippen molar-refractivity contribution in [2.24, 2.45) is 0 Å². The molecule has 0 unspecified atom stereocenters. The highest BCUT2D eigenvalue weighted by molar-refractivity contribution is 5.93. The van der Waals surface area contributed by atoms with Crippen molar-refractivity contribution in [3.05, 3.63) is 121 Å². The van der Waals surface area contributed by atoms with E-state index in [0.29, 0.717) is 11.3 Å². The molecule has 3 atom stereocenters. The van der Waals surface area contributed by atoms with Gasteiger partial charge < -0.3 is 24.1 Å². The molecule has 1 aliphatic rings. The van der Waals surface area contributed by atoms with E-state index in [0.717, 1.165) is 17.5 Å². The molecule has 6 rings (SSSR count). The molecule has 0 saturated carbocycles. The Morgan fingerprint density at radius 3 is 2.18 bits per heavy atom. The van der Waals surface area contributed by atoms with Gasteiger partial charge in [0.1, 0.15) is 29.9 Å². The number of amides is 1. The molecule has 1 amide bonds. The fraction of sp³-hybridized carbons (Fsp3) is 0.270. The lowest BCUT2D eigenvalue weighted by atomic mass is 9.80. The van der Waals surface area contributed by atoms with Gasteiger partial charge in [-0.15, -0.1) is 6.42 Å². The lowest BCUT2D eigenvalue weighted by molar-refractivity contribution is -0.196. The Labute approximate surface area is 283 Å². The number of carbonyl (C=O) groups excluding carboxylic acids is 1. The van der Waals surface area contributed by atoms with E-state index in [1.165, 1.54) is 17.2 Å². The molecule has 3 heterocycles. The van der Waals surface area contributed by atoms with E-state index in [9.17, 15) is 9.90 Å². The average molecular weight is 665 g/mol. The first-order chi connectivity index (χ1) is 23.4. The summed E-state index contributed by atoms with van der Waals surface area (Å²) in [5.74, 6) is 0.231. The molecule has 11 nitrogen and oxygen atoms in total. The van der Waals surface area contributed by atoms with Crippen LogP contribution in [0.15, 0.2) is 97.6 Å². The summed E-state index contributed by atoms with van der Waals surface area (Å²) in [4.78, 5) is 25.1. The average Bonchev–Trinajstić information content (AvgIpc) is 3.64. The van der Waals surface area contributed by atoms with Gasteiger partial charge in [-0.05, 0) is 49.6 Å². The maximum atomic E-state index is 17.0. The Hall–Kier alpha value is -5.35. The number of nitrogens with zero attached hydrogens (tertiary/aromatic N) is 4. The van der Waals surface area contributed by atoms with Crippen LogP contribution >= 0.6 is 0 Å². The number of nitrogens with one attached hydrogen (secondary N) is 1. The second-order valence-electron chi connectivity index (χ2n) is 12.5. The zero-order chi connectivity index (χ0) is 34.9. The molecule has 2 aromatic heterocycles. The molecule has 1 fully saturated rings. The van der Waals surface area contributed by atoms with Crippen LogP contribution in [0.2, 0.25) is 0 Å². The summed E-state index contributed by atoms with van der Waals surface area (Å²) in [6.45, 7) is 4.48. The molecule has 0 aliphatic carbocycles. The van der Waals surface area contributed by atoms with Gasteiger partial charge in [-0.3, -0.25) is 9.88 Å². The normalized spacial score (nSPS) is 20.9. The molecule has 5 aromatic rings. The lowest BCUT2D eigenvalue weighted by Crippen LogP contribution is -2.40. The summed E-state index contributed by atoms with van der Waals surface area (Å²) in [7, 11) is 1.57. The summed E-state index contributed by atoms with van der Waals surface area (Å²) in [5.41, 5.74) is -1.97. The molecular weight excluding hydrogens is 629 g/mol. The van der Waals surface area contributed by atoms with E-state index in [4.69, 9.17) is 25.4 Å². The smallest absolute Gasteiger partial charge is 0.413 e. The van der Waals surface area contributed by atoms with Crippen LogP contribution in [0.1, 0.15) is 43.7 Å². The van der Waals surface area contributed by atoms with E-state index >= 15 is 4.39 Å². The fourth-order valence-electron chi connectivity index (χ4n) is 5.81. The third-order valence-electron chi connectivity index (χ3n) is 7.92. The number of imidazole rings is 1. The van der Waals surface area contributed by atoms with Crippen LogP contribution in [0.3, 0.4) is 0 Å². The molecule has 49 heavy (non-hydrogen) atoms. The van der Waals surface area contributed by atoms with Crippen molar-refractivity contribution < 1.29 is 33.2 Å². The van der Waals surface area contributed by atoms with Crippen molar-refractivity contribution in [3.63, 3.8) is 0 Å². The van der Waals surface area contributed by atoms with Crippen molar-refractivity contribution in [2.75, 3.05) is 19.0 Å². The molecular formula is C37H35FN5O6. The number of alkyl halides is 1. The number of hydrogen-bond donors (Lipinski definition) is 2. The molecule has 0 spiro atoms. The zero-order valence-electron chi connectivity index (χ0n) is 27.3. The standard InChI is InChI=1S/C37H35FN5O6/c1-6-35(45)21-36(38,48-32(35)43-24-41-29-30(39-23-40-31(29)43)42-33(44)49-34(2,3)4)22-47-37(25-13-9-7-10-14-25,26-15-11-8-12-16-26)27-17-19-28(46-5)20-18-27/h1,7-21,23-24,32,45H,22H2,2-5H3,(H,39,40,42,44)/t32-,35+,36-/m1/s1. The summed E-state index contributed by atoms with van der Waals surface area (Å²) < 4.78 is 41.6. The molecule has 1 aliphatic heterocycles. The van der Waals surface area contributed by atoms with Crippen LogP contribution in [0.4, 0.5) is 15.0 Å². The SMILES string of the molecule is C#C[C@]1(O)[CH][C@](F)(COC(c2ccccc2)(c2ccccc2)c2ccc(OC)cc2)O[C@H]1n1cnc2c(NC(=O)OC(C)(C)C)ncnc21. The molecule has 3 aromatic carbocycles. The molecule has 1 radical (unpaired) electrons. The largest absolute Gasteiger partial charge is 0.497 e. The topological polar surface area (TPSA) is 130 Å². The number of aromatic nitrogens is 4. The highest BCUT2D eigenvalue weighted by Crippen LogP contribution is 2.48. The number of hydrogen-bond acceptors (Lipinski definition) is 9. The second kappa shape index (κ2) is 12.9. The van der Waals surface area contributed by atoms with Gasteiger partial charge in [0, 0.05) is 0 Å². The van der Waals surface area contributed by atoms with Crippen LogP contribution in [0.25, 0.3) is 11.2 Å². The van der Waals surface area contributed by atoms with Gasteiger partial charge >= 0.3 is 6.09 Å². The third kappa shape index (κ3) is 6.56. The van der Waals surface area contributed by atoms with Crippen molar-refractivity contribution in [2.45, 2.75) is 49.7 Å². The van der Waals surface area contributed by atoms with E-state index in [2.05, 4.69) is 26.2 Å². The number of aliphatic hydroxyl groups is 1. The highest BCUT2D eigenvalue weighted by Gasteiger charge is 2.58. The van der Waals surface area contributed by atoms with Gasteiger partial charge in [-0.1, -0.05) is 78.7 Å². The highest BCUT2D eigenvalue weighted by atomic mass is 19.2. The molecule has 2 N–H and O–H groups in total. The summed E-state index contributed by atoms with van der Waals surface area (Å²) in [5, 5.41) is 14.1. The predicted octanol–water partition coefficient (Wildman–Crippen LogP) is 5.95. The Balaban J connectivity index is 1.36. The minimum absolute atomic E-state index is 0.0362. The van der Waals surface area contributed by atoms with Gasteiger partial charge in [-0.25, -0.2) is 24.1 Å². The van der Waals surface area contributed by atoms with Crippen molar-refractivity contribution >= 4 is 23.1 Å². The third-order valence-corrected chi connectivity index (χ3v) is 7.92. The number of benzene rings is 3. The van der Waals surface area contributed by atoms with Crippen molar-refractivity contribution in [1.29, 1.82) is 0 Å². The first-order valence-electron chi connectivity index (χ1n) is 15.4. The van der Waals surface area contributed by atoms with Gasteiger partial charge in [0.05, 0.1) is 19.9 Å². The van der Waals surface area contributed by atoms with Gasteiger partial charge in [0.25, 0.3) is 0 Å². The maximum absolute atomic E-state index is 17.0.